The molecule has 0 aliphatic carbocycles. The summed E-state index contributed by atoms with van der Waals surface area (Å²) in [6.45, 7) is 1.17. The van der Waals surface area contributed by atoms with E-state index in [1.165, 1.54) is 29.2 Å². The molecule has 2 saturated heterocycles. The number of halogens is 1. The number of benzene rings is 1. The standard InChI is InChI=1S/C21H20FN5O5/c1-31-20(29)25-10-17-16-7-12-6-13(14(22)8-15(12)27(16)21(30)32-17)11-2-3-18(24-9-11)26-5-4-23-19(26)28/h2-3,6,8-9,16-17H,4-5,7,10H2,1H3,(H,23,28)(H,25,29)/t16-,17-/m0/s1. The Hall–Kier alpha value is -3.89. The molecule has 2 N–H and O–H groups in total. The number of fused-ring (bicyclic) bond motifs is 3. The minimum Gasteiger partial charge on any atom is -0.453 e. The smallest absolute Gasteiger partial charge is 0.415 e. The van der Waals surface area contributed by atoms with E-state index in [1.54, 1.807) is 18.2 Å². The van der Waals surface area contributed by atoms with E-state index in [1.807, 2.05) is 0 Å². The Bertz CT molecular complexity index is 1110. The number of carbonyl (C=O) groups is 3. The number of hydrogen-bond acceptors (Lipinski definition) is 6. The maximum absolute atomic E-state index is 15.0. The molecule has 4 amide bonds. The average molecular weight is 441 g/mol. The van der Waals surface area contributed by atoms with Crippen LogP contribution in [-0.4, -0.2) is 62.1 Å². The summed E-state index contributed by atoms with van der Waals surface area (Å²) < 4.78 is 24.9. The highest BCUT2D eigenvalue weighted by molar-refractivity contribution is 5.95. The Morgan fingerprint density at radius 3 is 2.91 bits per heavy atom. The first-order valence-electron chi connectivity index (χ1n) is 10.1. The van der Waals surface area contributed by atoms with Crippen LogP contribution in [0, 0.1) is 5.82 Å². The quantitative estimate of drug-likeness (QED) is 0.751. The number of anilines is 2. The summed E-state index contributed by atoms with van der Waals surface area (Å²) in [6, 6.07) is 5.86. The molecule has 0 spiro atoms. The van der Waals surface area contributed by atoms with E-state index in [2.05, 4.69) is 20.4 Å². The lowest BCUT2D eigenvalue weighted by atomic mass is 10.00. The Morgan fingerprint density at radius 1 is 1.38 bits per heavy atom. The highest BCUT2D eigenvalue weighted by Gasteiger charge is 2.47. The predicted molar refractivity (Wildman–Crippen MR) is 111 cm³/mol. The molecule has 2 fully saturated rings. The highest BCUT2D eigenvalue weighted by Crippen LogP contribution is 2.41. The van der Waals surface area contributed by atoms with Gasteiger partial charge in [0.25, 0.3) is 0 Å². The zero-order valence-corrected chi connectivity index (χ0v) is 17.1. The summed E-state index contributed by atoms with van der Waals surface area (Å²) in [5.41, 5.74) is 2.17. The molecule has 32 heavy (non-hydrogen) atoms. The van der Waals surface area contributed by atoms with Gasteiger partial charge in [-0.2, -0.15) is 0 Å². The summed E-state index contributed by atoms with van der Waals surface area (Å²) in [6.07, 6.45) is 0.215. The van der Waals surface area contributed by atoms with Crippen LogP contribution >= 0.6 is 0 Å². The largest absolute Gasteiger partial charge is 0.453 e. The molecule has 3 aliphatic heterocycles. The lowest BCUT2D eigenvalue weighted by molar-refractivity contribution is 0.123. The van der Waals surface area contributed by atoms with Crippen LogP contribution in [0.3, 0.4) is 0 Å². The van der Waals surface area contributed by atoms with Gasteiger partial charge in [0.1, 0.15) is 17.7 Å². The number of nitrogens with one attached hydrogen (secondary N) is 2. The Morgan fingerprint density at radius 2 is 2.22 bits per heavy atom. The molecule has 2 aromatic rings. The zero-order chi connectivity index (χ0) is 22.4. The van der Waals surface area contributed by atoms with Crippen LogP contribution in [0.2, 0.25) is 0 Å². The summed E-state index contributed by atoms with van der Waals surface area (Å²) >= 11 is 0. The van der Waals surface area contributed by atoms with Gasteiger partial charge in [-0.3, -0.25) is 9.80 Å². The molecule has 0 unspecified atom stereocenters. The van der Waals surface area contributed by atoms with Crippen molar-refractivity contribution in [3.8, 4) is 11.1 Å². The lowest BCUT2D eigenvalue weighted by Crippen LogP contribution is -2.40. The second-order valence-corrected chi connectivity index (χ2v) is 7.69. The van der Waals surface area contributed by atoms with Crippen LogP contribution in [0.5, 0.6) is 0 Å². The van der Waals surface area contributed by atoms with Crippen molar-refractivity contribution in [3.05, 3.63) is 41.8 Å². The second kappa shape index (κ2) is 7.66. The number of aromatic nitrogens is 1. The van der Waals surface area contributed by atoms with E-state index in [-0.39, 0.29) is 18.6 Å². The number of methoxy groups -OCH3 is 1. The van der Waals surface area contributed by atoms with Gasteiger partial charge in [-0.25, -0.2) is 23.8 Å². The Labute approximate surface area is 182 Å². The molecular weight excluding hydrogens is 421 g/mol. The summed E-state index contributed by atoms with van der Waals surface area (Å²) in [7, 11) is 1.25. The molecule has 11 heteroatoms. The van der Waals surface area contributed by atoms with Gasteiger partial charge < -0.3 is 20.1 Å². The van der Waals surface area contributed by atoms with Crippen molar-refractivity contribution in [2.24, 2.45) is 0 Å². The molecule has 3 aliphatic rings. The number of carbonyl (C=O) groups excluding carboxylic acids is 3. The normalized spacial score (nSPS) is 21.2. The molecular formula is C21H20FN5O5. The molecule has 1 aromatic carbocycles. The Balaban J connectivity index is 1.39. The minimum atomic E-state index is -0.620. The number of nitrogens with zero attached hydrogens (tertiary/aromatic N) is 3. The third-order valence-corrected chi connectivity index (χ3v) is 5.89. The second-order valence-electron chi connectivity index (χ2n) is 7.69. The average Bonchev–Trinajstić information content (AvgIpc) is 3.46. The van der Waals surface area contributed by atoms with Crippen molar-refractivity contribution in [1.29, 1.82) is 0 Å². The molecule has 10 nitrogen and oxygen atoms in total. The van der Waals surface area contributed by atoms with Gasteiger partial charge in [0, 0.05) is 30.4 Å². The van der Waals surface area contributed by atoms with Crippen molar-refractivity contribution in [1.82, 2.24) is 15.6 Å². The van der Waals surface area contributed by atoms with Gasteiger partial charge in [0.15, 0.2) is 0 Å². The molecule has 0 bridgehead atoms. The first-order valence-corrected chi connectivity index (χ1v) is 10.1. The highest BCUT2D eigenvalue weighted by atomic mass is 19.1. The van der Waals surface area contributed by atoms with Gasteiger partial charge in [-0.1, -0.05) is 0 Å². The van der Waals surface area contributed by atoms with Crippen molar-refractivity contribution in [2.45, 2.75) is 18.6 Å². The number of hydrogen-bond donors (Lipinski definition) is 2. The molecule has 0 radical (unpaired) electrons. The number of alkyl carbamates (subject to hydrolysis) is 1. The fourth-order valence-electron chi connectivity index (χ4n) is 4.34. The van der Waals surface area contributed by atoms with Gasteiger partial charge >= 0.3 is 18.2 Å². The molecule has 2 atom stereocenters. The fourth-order valence-corrected chi connectivity index (χ4v) is 4.34. The first kappa shape index (κ1) is 20.0. The monoisotopic (exact) mass is 441 g/mol. The maximum atomic E-state index is 15.0. The van der Waals surface area contributed by atoms with Crippen LogP contribution in [-0.2, 0) is 15.9 Å². The predicted octanol–water partition coefficient (Wildman–Crippen LogP) is 2.02. The van der Waals surface area contributed by atoms with Crippen molar-refractivity contribution in [3.63, 3.8) is 0 Å². The SMILES string of the molecule is COC(=O)NC[C@@H]1OC(=O)N2c3cc(F)c(-c4ccc(N5CCNC5=O)nc4)cc3C[C@@H]12. The summed E-state index contributed by atoms with van der Waals surface area (Å²) in [4.78, 5) is 42.8. The van der Waals surface area contributed by atoms with E-state index < -0.39 is 24.1 Å². The number of cyclic esters (lactones) is 1. The van der Waals surface area contributed by atoms with E-state index >= 15 is 4.39 Å². The number of pyridine rings is 1. The number of rotatable bonds is 4. The molecule has 1 aromatic heterocycles. The fraction of sp³-hybridized carbons (Fsp3) is 0.333. The first-order chi connectivity index (χ1) is 15.5. The van der Waals surface area contributed by atoms with Crippen LogP contribution in [0.4, 0.5) is 30.3 Å². The van der Waals surface area contributed by atoms with Crippen molar-refractivity contribution >= 4 is 29.7 Å². The third-order valence-electron chi connectivity index (χ3n) is 5.89. The number of amides is 4. The molecule has 4 heterocycles. The van der Waals surface area contributed by atoms with Gasteiger partial charge in [-0.15, -0.1) is 0 Å². The summed E-state index contributed by atoms with van der Waals surface area (Å²) in [5.74, 6) is -0.00328. The molecule has 0 saturated carbocycles. The van der Waals surface area contributed by atoms with Gasteiger partial charge in [-0.05, 0) is 36.2 Å². The van der Waals surface area contributed by atoms with Gasteiger partial charge in [0.05, 0.1) is 25.4 Å². The molecule has 5 rings (SSSR count). The maximum Gasteiger partial charge on any atom is 0.415 e. The minimum absolute atomic E-state index is 0.0956. The topological polar surface area (TPSA) is 113 Å². The van der Waals surface area contributed by atoms with E-state index in [0.717, 1.165) is 5.56 Å². The third kappa shape index (κ3) is 3.26. The number of ether oxygens (including phenoxy) is 2. The van der Waals surface area contributed by atoms with Crippen LogP contribution in [0.1, 0.15) is 5.56 Å². The lowest BCUT2D eigenvalue weighted by Gasteiger charge is -2.16. The van der Waals surface area contributed by atoms with Crippen molar-refractivity contribution < 1.29 is 28.2 Å². The molecule has 166 valence electrons. The summed E-state index contributed by atoms with van der Waals surface area (Å²) in [5, 5.41) is 5.25. The zero-order valence-electron chi connectivity index (χ0n) is 17.1. The van der Waals surface area contributed by atoms with E-state index in [4.69, 9.17) is 4.74 Å². The van der Waals surface area contributed by atoms with Crippen LogP contribution in [0.25, 0.3) is 11.1 Å². The van der Waals surface area contributed by atoms with Gasteiger partial charge in [0.2, 0.25) is 0 Å². The van der Waals surface area contributed by atoms with Crippen molar-refractivity contribution in [2.75, 3.05) is 36.5 Å². The van der Waals surface area contributed by atoms with Crippen LogP contribution < -0.4 is 20.4 Å². The Kier molecular flexibility index (Phi) is 4.80. The van der Waals surface area contributed by atoms with E-state index in [9.17, 15) is 14.4 Å². The van der Waals surface area contributed by atoms with Crippen LogP contribution in [0.15, 0.2) is 30.5 Å². The van der Waals surface area contributed by atoms with E-state index in [0.29, 0.717) is 42.1 Å². The number of urea groups is 1.